The number of hydrogen-bond acceptors (Lipinski definition) is 10. The predicted octanol–water partition coefficient (Wildman–Crippen LogP) is 4.86. The summed E-state index contributed by atoms with van der Waals surface area (Å²) in [6, 6.07) is 8.61. The molecule has 3 aromatic heterocycles. The van der Waals surface area contributed by atoms with Gasteiger partial charge in [0.25, 0.3) is 0 Å². The van der Waals surface area contributed by atoms with Gasteiger partial charge >= 0.3 is 6.18 Å². The number of aromatic amines is 1. The van der Waals surface area contributed by atoms with Crippen LogP contribution in [0.1, 0.15) is 5.56 Å². The molecular weight excluding hydrogens is 572 g/mol. The standard InChI is InChI=1S/C27H26F3N8O3P/c1-15-12-19(21(41-14-27(28,29)30)13-20(15)38-8-10-40-11-9-38)35-26-36-24-16(4-5-33-24)25(37-26)34-18-3-2-17-22(23(18)42-39)32-7-6-31-17/h2-7,12-13H,8-11,14,42H2,1H3,(H3,33,34,35,36,37). The number of alkyl halides is 3. The second kappa shape index (κ2) is 11.5. The van der Waals surface area contributed by atoms with E-state index in [0.29, 0.717) is 65.2 Å². The maximum atomic E-state index is 13.2. The lowest BCUT2D eigenvalue weighted by Gasteiger charge is -2.31. The molecule has 1 fully saturated rings. The Balaban J connectivity index is 1.38. The third-order valence-corrected chi connectivity index (χ3v) is 7.57. The zero-order valence-electron chi connectivity index (χ0n) is 22.3. The quantitative estimate of drug-likeness (QED) is 0.213. The Bertz CT molecular complexity index is 1780. The number of fused-ring (bicyclic) bond motifs is 2. The highest BCUT2D eigenvalue weighted by Gasteiger charge is 2.29. The van der Waals surface area contributed by atoms with Crippen LogP contribution in [-0.2, 0) is 9.30 Å². The van der Waals surface area contributed by atoms with Gasteiger partial charge in [0.1, 0.15) is 22.7 Å². The van der Waals surface area contributed by atoms with Gasteiger partial charge in [-0.05, 0) is 36.8 Å². The Labute approximate surface area is 238 Å². The number of nitrogens with one attached hydrogen (secondary N) is 3. The van der Waals surface area contributed by atoms with Crippen molar-refractivity contribution in [1.29, 1.82) is 0 Å². The van der Waals surface area contributed by atoms with Crippen molar-refractivity contribution >= 4 is 64.7 Å². The lowest BCUT2D eigenvalue weighted by molar-refractivity contribution is -0.153. The molecule has 4 heterocycles. The molecule has 1 atom stereocenters. The second-order valence-corrected chi connectivity index (χ2v) is 10.4. The van der Waals surface area contributed by atoms with Crippen LogP contribution in [-0.4, -0.2) is 64.0 Å². The molecule has 1 aliphatic rings. The van der Waals surface area contributed by atoms with E-state index in [0.717, 1.165) is 11.3 Å². The van der Waals surface area contributed by atoms with Gasteiger partial charge in [-0.1, -0.05) is 0 Å². The summed E-state index contributed by atoms with van der Waals surface area (Å²) < 4.78 is 62.4. The van der Waals surface area contributed by atoms with Gasteiger partial charge in [-0.3, -0.25) is 9.97 Å². The first-order valence-electron chi connectivity index (χ1n) is 13.0. The van der Waals surface area contributed by atoms with E-state index < -0.39 is 21.2 Å². The molecule has 0 bridgehead atoms. The first-order chi connectivity index (χ1) is 20.3. The Morgan fingerprint density at radius 1 is 1.07 bits per heavy atom. The molecule has 11 nitrogen and oxygen atoms in total. The van der Waals surface area contributed by atoms with Crippen molar-refractivity contribution in [3.63, 3.8) is 0 Å². The third-order valence-electron chi connectivity index (χ3n) is 6.75. The van der Waals surface area contributed by atoms with E-state index in [9.17, 15) is 17.7 Å². The minimum Gasteiger partial charge on any atom is -0.482 e. The number of morpholine rings is 1. The molecule has 6 rings (SSSR count). The highest BCUT2D eigenvalue weighted by molar-refractivity contribution is 7.35. The van der Waals surface area contributed by atoms with E-state index >= 15 is 0 Å². The fraction of sp³-hybridized carbons (Fsp3) is 0.259. The number of aryl methyl sites for hydroxylation is 1. The summed E-state index contributed by atoms with van der Waals surface area (Å²) >= 11 is 0. The van der Waals surface area contributed by atoms with E-state index in [1.807, 2.05) is 6.92 Å². The number of nitrogens with zero attached hydrogens (tertiary/aromatic N) is 5. The molecule has 5 aromatic rings. The van der Waals surface area contributed by atoms with Crippen molar-refractivity contribution in [2.24, 2.45) is 0 Å². The van der Waals surface area contributed by atoms with Crippen LogP contribution in [0.3, 0.4) is 0 Å². The molecule has 0 aliphatic carbocycles. The molecule has 0 amide bonds. The van der Waals surface area contributed by atoms with Crippen molar-refractivity contribution in [3.05, 3.63) is 54.5 Å². The molecule has 0 spiro atoms. The summed E-state index contributed by atoms with van der Waals surface area (Å²) in [6.07, 6.45) is 0.266. The molecule has 1 unspecified atom stereocenters. The number of rotatable bonds is 8. The minimum absolute atomic E-state index is 0.00875. The summed E-state index contributed by atoms with van der Waals surface area (Å²) in [5.74, 6) is 0.509. The van der Waals surface area contributed by atoms with Gasteiger partial charge in [-0.15, -0.1) is 0 Å². The van der Waals surface area contributed by atoms with Crippen LogP contribution >= 0.6 is 8.46 Å². The molecule has 0 saturated carbocycles. The topological polar surface area (TPSA) is 130 Å². The van der Waals surface area contributed by atoms with Crippen molar-refractivity contribution < 1.29 is 27.2 Å². The monoisotopic (exact) mass is 598 g/mol. The van der Waals surface area contributed by atoms with Crippen molar-refractivity contribution in [2.75, 3.05) is 48.4 Å². The molecule has 42 heavy (non-hydrogen) atoms. The van der Waals surface area contributed by atoms with E-state index in [1.165, 1.54) is 6.20 Å². The number of halogens is 3. The normalized spacial score (nSPS) is 14.2. The number of H-pyrrole nitrogens is 1. The SMILES string of the molecule is Cc1cc(Nc2nc(Nc3ccc4nccnc4c3[PH2]=O)c3cc[nH]c3n2)c(OCC(F)(F)F)cc1N1CCOCC1. The average Bonchev–Trinajstić information content (AvgIpc) is 3.46. The zero-order valence-corrected chi connectivity index (χ0v) is 23.5. The molecule has 2 aromatic carbocycles. The Morgan fingerprint density at radius 3 is 2.67 bits per heavy atom. The summed E-state index contributed by atoms with van der Waals surface area (Å²) in [7, 11) is -1.36. The Morgan fingerprint density at radius 2 is 1.88 bits per heavy atom. The van der Waals surface area contributed by atoms with E-state index in [4.69, 9.17) is 9.47 Å². The number of ether oxygens (including phenoxy) is 2. The molecule has 1 saturated heterocycles. The van der Waals surface area contributed by atoms with Crippen LogP contribution in [0.25, 0.3) is 22.1 Å². The van der Waals surface area contributed by atoms with Crippen molar-refractivity contribution in [3.8, 4) is 5.75 Å². The fourth-order valence-electron chi connectivity index (χ4n) is 4.83. The molecule has 218 valence electrons. The number of hydrogen-bond donors (Lipinski definition) is 3. The maximum Gasteiger partial charge on any atom is 0.422 e. The molecule has 15 heteroatoms. The van der Waals surface area contributed by atoms with Crippen LogP contribution < -0.4 is 25.6 Å². The van der Waals surface area contributed by atoms with E-state index in [-0.39, 0.29) is 17.4 Å². The van der Waals surface area contributed by atoms with Crippen LogP contribution in [0.4, 0.5) is 42.0 Å². The van der Waals surface area contributed by atoms with Crippen LogP contribution in [0.2, 0.25) is 0 Å². The number of aromatic nitrogens is 5. The molecule has 1 aliphatic heterocycles. The highest BCUT2D eigenvalue weighted by Crippen LogP contribution is 2.37. The number of anilines is 5. The van der Waals surface area contributed by atoms with E-state index in [1.54, 1.807) is 42.7 Å². The highest BCUT2D eigenvalue weighted by atomic mass is 31.1. The summed E-state index contributed by atoms with van der Waals surface area (Å²) in [5.41, 5.74) is 4.02. The molecule has 0 radical (unpaired) electrons. The Kier molecular flexibility index (Phi) is 7.56. The summed E-state index contributed by atoms with van der Waals surface area (Å²) in [5, 5.41) is 7.45. The van der Waals surface area contributed by atoms with E-state index in [2.05, 4.69) is 40.5 Å². The van der Waals surface area contributed by atoms with Gasteiger partial charge in [0.15, 0.2) is 6.61 Å². The van der Waals surface area contributed by atoms with Gasteiger partial charge in [0, 0.05) is 43.4 Å². The van der Waals surface area contributed by atoms with Gasteiger partial charge in [-0.25, -0.2) is 0 Å². The molecule has 3 N–H and O–H groups in total. The lowest BCUT2D eigenvalue weighted by atomic mass is 10.1. The van der Waals surface area contributed by atoms with Crippen LogP contribution in [0.5, 0.6) is 5.75 Å². The van der Waals surface area contributed by atoms with Gasteiger partial charge in [-0.2, -0.15) is 23.1 Å². The van der Waals surface area contributed by atoms with Crippen molar-refractivity contribution in [2.45, 2.75) is 13.1 Å². The molecular formula is C27H26F3N8O3P. The average molecular weight is 599 g/mol. The zero-order chi connectivity index (χ0) is 29.3. The number of benzene rings is 2. The smallest absolute Gasteiger partial charge is 0.422 e. The first-order valence-corrected chi connectivity index (χ1v) is 14.1. The summed E-state index contributed by atoms with van der Waals surface area (Å²) in [6.45, 7) is 2.69. The summed E-state index contributed by atoms with van der Waals surface area (Å²) in [4.78, 5) is 22.8. The van der Waals surface area contributed by atoms with Crippen molar-refractivity contribution in [1.82, 2.24) is 24.9 Å². The van der Waals surface area contributed by atoms with Crippen LogP contribution in [0.15, 0.2) is 48.9 Å². The first kappa shape index (κ1) is 27.7. The van der Waals surface area contributed by atoms with Gasteiger partial charge < -0.3 is 34.6 Å². The van der Waals surface area contributed by atoms with Gasteiger partial charge in [0.05, 0.1) is 49.3 Å². The lowest BCUT2D eigenvalue weighted by Crippen LogP contribution is -2.36. The fourth-order valence-corrected chi connectivity index (χ4v) is 5.45. The largest absolute Gasteiger partial charge is 0.482 e. The third kappa shape index (κ3) is 5.81. The minimum atomic E-state index is -4.52. The Hall–Kier alpha value is -4.42. The predicted molar refractivity (Wildman–Crippen MR) is 156 cm³/mol. The maximum absolute atomic E-state index is 13.2. The van der Waals surface area contributed by atoms with Gasteiger partial charge in [0.2, 0.25) is 5.95 Å². The van der Waals surface area contributed by atoms with Crippen LogP contribution in [0, 0.1) is 6.92 Å². The second-order valence-electron chi connectivity index (χ2n) is 9.59.